The van der Waals surface area contributed by atoms with Gasteiger partial charge in [0.2, 0.25) is 0 Å². The van der Waals surface area contributed by atoms with E-state index in [1.54, 1.807) is 0 Å². The molecule has 0 aliphatic heterocycles. The van der Waals surface area contributed by atoms with Gasteiger partial charge in [0, 0.05) is 13.0 Å². The highest BCUT2D eigenvalue weighted by Gasteiger charge is 2.49. The van der Waals surface area contributed by atoms with Crippen LogP contribution < -0.4 is 10.4 Å². The van der Waals surface area contributed by atoms with Crippen molar-refractivity contribution >= 4 is 24.5 Å². The number of rotatable bonds is 7. The van der Waals surface area contributed by atoms with Crippen LogP contribution in [0.1, 0.15) is 27.2 Å². The molecule has 2 rings (SSSR count). The van der Waals surface area contributed by atoms with Gasteiger partial charge in [-0.1, -0.05) is 88.0 Å². The Bertz CT molecular complexity index is 632. The third kappa shape index (κ3) is 3.74. The van der Waals surface area contributed by atoms with E-state index in [9.17, 15) is 4.79 Å². The fourth-order valence-corrected chi connectivity index (χ4v) is 7.73. The summed E-state index contributed by atoms with van der Waals surface area (Å²) in [7, 11) is -2.52. The average Bonchev–Trinajstić information content (AvgIpc) is 2.59. The monoisotopic (exact) mass is 338 g/mol. The first-order chi connectivity index (χ1) is 11.4. The van der Waals surface area contributed by atoms with Crippen LogP contribution in [0.5, 0.6) is 0 Å². The Morgan fingerprint density at radius 1 is 1.00 bits per heavy atom. The Morgan fingerprint density at radius 2 is 1.46 bits per heavy atom. The molecule has 126 valence electrons. The van der Waals surface area contributed by atoms with Crippen LogP contribution in [-0.2, 0) is 9.22 Å². The average molecular weight is 339 g/mol. The Balaban J connectivity index is 2.53. The molecule has 24 heavy (non-hydrogen) atoms. The Morgan fingerprint density at radius 3 is 1.83 bits per heavy atom. The van der Waals surface area contributed by atoms with Crippen molar-refractivity contribution in [1.29, 1.82) is 0 Å². The zero-order valence-corrected chi connectivity index (χ0v) is 15.8. The summed E-state index contributed by atoms with van der Waals surface area (Å²) in [5.74, 6) is 0.0212. The first kappa shape index (κ1) is 18.4. The number of allylic oxidation sites excluding steroid dienone is 1. The summed E-state index contributed by atoms with van der Waals surface area (Å²) in [6.45, 7) is 10.7. The van der Waals surface area contributed by atoms with Crippen molar-refractivity contribution in [2.45, 2.75) is 32.2 Å². The highest BCUT2D eigenvalue weighted by atomic mass is 28.4. The molecule has 0 radical (unpaired) electrons. The maximum Gasteiger partial charge on any atom is 0.261 e. The minimum absolute atomic E-state index is 0.0212. The molecule has 0 aliphatic rings. The molecular formula is C21H26O2Si. The van der Waals surface area contributed by atoms with Gasteiger partial charge in [-0.05, 0) is 21.5 Å². The number of carbonyl (C=O) groups excluding carboxylic acids is 1. The van der Waals surface area contributed by atoms with E-state index in [2.05, 4.69) is 75.9 Å². The molecule has 3 heteroatoms. The molecule has 0 heterocycles. The molecule has 2 aromatic rings. The SMILES string of the molecule is C=CC(=O)CCO[Si](c1ccccc1)(c1ccccc1)C(C)(C)C. The molecule has 0 aromatic heterocycles. The van der Waals surface area contributed by atoms with E-state index in [0.717, 1.165) is 0 Å². The molecule has 2 aromatic carbocycles. The molecule has 0 amide bonds. The molecule has 0 aliphatic carbocycles. The van der Waals surface area contributed by atoms with Crippen molar-refractivity contribution in [1.82, 2.24) is 0 Å². The van der Waals surface area contributed by atoms with Crippen LogP contribution >= 0.6 is 0 Å². The van der Waals surface area contributed by atoms with Gasteiger partial charge in [0.25, 0.3) is 8.32 Å². The lowest BCUT2D eigenvalue weighted by Gasteiger charge is -2.43. The lowest BCUT2D eigenvalue weighted by molar-refractivity contribution is -0.115. The van der Waals surface area contributed by atoms with Crippen molar-refractivity contribution in [2.24, 2.45) is 0 Å². The predicted octanol–water partition coefficient (Wildman–Crippen LogP) is 3.71. The van der Waals surface area contributed by atoms with Gasteiger partial charge in [-0.25, -0.2) is 0 Å². The van der Waals surface area contributed by atoms with Gasteiger partial charge >= 0.3 is 0 Å². The van der Waals surface area contributed by atoms with E-state index in [4.69, 9.17) is 4.43 Å². The molecule has 0 unspecified atom stereocenters. The zero-order chi connectivity index (χ0) is 17.6. The van der Waals surface area contributed by atoms with Crippen LogP contribution in [0.25, 0.3) is 0 Å². The molecule has 0 spiro atoms. The van der Waals surface area contributed by atoms with Crippen molar-refractivity contribution in [2.75, 3.05) is 6.61 Å². The van der Waals surface area contributed by atoms with Crippen LogP contribution in [0.3, 0.4) is 0 Å². The fourth-order valence-electron chi connectivity index (χ4n) is 3.17. The third-order valence-corrected chi connectivity index (χ3v) is 9.35. The van der Waals surface area contributed by atoms with E-state index >= 15 is 0 Å². The van der Waals surface area contributed by atoms with E-state index in [1.165, 1.54) is 16.4 Å². The van der Waals surface area contributed by atoms with E-state index < -0.39 is 8.32 Å². The molecule has 0 N–H and O–H groups in total. The fraction of sp³-hybridized carbons (Fsp3) is 0.286. The lowest BCUT2D eigenvalue weighted by Crippen LogP contribution is -2.66. The minimum atomic E-state index is -2.52. The van der Waals surface area contributed by atoms with E-state index in [-0.39, 0.29) is 10.8 Å². The summed E-state index contributed by atoms with van der Waals surface area (Å²) in [4.78, 5) is 11.6. The standard InChI is InChI=1S/C21H26O2Si/c1-5-18(22)16-17-23-24(21(2,3)4,19-12-8-6-9-13-19)20-14-10-7-11-15-20/h5-15H,1,16-17H2,2-4H3. The van der Waals surface area contributed by atoms with Crippen LogP contribution in [-0.4, -0.2) is 20.7 Å². The van der Waals surface area contributed by atoms with E-state index in [1.807, 2.05) is 12.1 Å². The normalized spacial score (nSPS) is 12.0. The van der Waals surface area contributed by atoms with Crippen molar-refractivity contribution in [3.05, 3.63) is 73.3 Å². The smallest absolute Gasteiger partial charge is 0.261 e. The summed E-state index contributed by atoms with van der Waals surface area (Å²) in [5, 5.41) is 2.40. The van der Waals surface area contributed by atoms with Gasteiger partial charge in [-0.3, -0.25) is 4.79 Å². The van der Waals surface area contributed by atoms with Crippen molar-refractivity contribution < 1.29 is 9.22 Å². The second-order valence-corrected chi connectivity index (χ2v) is 11.2. The second kappa shape index (κ2) is 7.73. The van der Waals surface area contributed by atoms with Crippen molar-refractivity contribution in [3.8, 4) is 0 Å². The number of hydrogen-bond acceptors (Lipinski definition) is 2. The van der Waals surface area contributed by atoms with Crippen LogP contribution in [0.15, 0.2) is 73.3 Å². The molecule has 0 fully saturated rings. The highest BCUT2D eigenvalue weighted by Crippen LogP contribution is 2.36. The number of ketones is 1. The summed E-state index contributed by atoms with van der Waals surface area (Å²) in [6.07, 6.45) is 1.74. The maximum atomic E-state index is 11.6. The first-order valence-electron chi connectivity index (χ1n) is 8.32. The zero-order valence-electron chi connectivity index (χ0n) is 14.8. The van der Waals surface area contributed by atoms with Gasteiger partial charge in [-0.15, -0.1) is 0 Å². The Labute approximate surface area is 146 Å². The van der Waals surface area contributed by atoms with Crippen LogP contribution in [0, 0.1) is 0 Å². The van der Waals surface area contributed by atoms with Crippen LogP contribution in [0.4, 0.5) is 0 Å². The Kier molecular flexibility index (Phi) is 5.92. The molecular weight excluding hydrogens is 312 g/mol. The van der Waals surface area contributed by atoms with E-state index in [0.29, 0.717) is 13.0 Å². The molecule has 0 bridgehead atoms. The third-order valence-electron chi connectivity index (χ3n) is 4.31. The predicted molar refractivity (Wildman–Crippen MR) is 103 cm³/mol. The summed E-state index contributed by atoms with van der Waals surface area (Å²) in [6, 6.07) is 20.9. The van der Waals surface area contributed by atoms with Gasteiger partial charge < -0.3 is 4.43 Å². The van der Waals surface area contributed by atoms with Gasteiger partial charge in [-0.2, -0.15) is 0 Å². The first-order valence-corrected chi connectivity index (χ1v) is 10.2. The lowest BCUT2D eigenvalue weighted by atomic mass is 10.2. The molecule has 2 nitrogen and oxygen atoms in total. The Hall–Kier alpha value is -1.97. The molecule has 0 saturated carbocycles. The summed E-state index contributed by atoms with van der Waals surface area (Å²) in [5.41, 5.74) is 0. The number of benzene rings is 2. The minimum Gasteiger partial charge on any atom is -0.407 e. The summed E-state index contributed by atoms with van der Waals surface area (Å²) >= 11 is 0. The second-order valence-electron chi connectivity index (χ2n) is 6.93. The quantitative estimate of drug-likeness (QED) is 0.568. The molecule has 0 atom stereocenters. The number of hydrogen-bond donors (Lipinski definition) is 0. The highest BCUT2D eigenvalue weighted by molar-refractivity contribution is 6.99. The van der Waals surface area contributed by atoms with Crippen molar-refractivity contribution in [3.63, 3.8) is 0 Å². The van der Waals surface area contributed by atoms with Gasteiger partial charge in [0.05, 0.1) is 0 Å². The van der Waals surface area contributed by atoms with Crippen LogP contribution in [0.2, 0.25) is 5.04 Å². The van der Waals surface area contributed by atoms with Gasteiger partial charge in [0.15, 0.2) is 5.78 Å². The topological polar surface area (TPSA) is 26.3 Å². The number of carbonyl (C=O) groups is 1. The molecule has 0 saturated heterocycles. The largest absolute Gasteiger partial charge is 0.407 e. The maximum absolute atomic E-state index is 11.6. The van der Waals surface area contributed by atoms with Gasteiger partial charge in [0.1, 0.15) is 0 Å². The summed E-state index contributed by atoms with van der Waals surface area (Å²) < 4.78 is 6.61.